The Morgan fingerprint density at radius 1 is 1.20 bits per heavy atom. The van der Waals surface area contributed by atoms with Crippen molar-refractivity contribution in [3.63, 3.8) is 0 Å². The standard InChI is InChI=1S/ClHO.ClH.Hg.Na.H/c1-2;;;;/h2H;1H;;;. The summed E-state index contributed by atoms with van der Waals surface area (Å²) in [5.41, 5.74) is 0. The fraction of sp³-hybridized carbons (Fsp3) is 0. The molecule has 0 aliphatic carbocycles. The Labute approximate surface area is 84.8 Å². The fourth-order valence-corrected chi connectivity index (χ4v) is 0. The third-order valence-corrected chi connectivity index (χ3v) is 0. The molecule has 0 aromatic carbocycles. The maximum absolute atomic E-state index is 6.47. The molecule has 0 heterocycles. The van der Waals surface area contributed by atoms with E-state index in [4.69, 9.17) is 4.66 Å². The zero-order valence-corrected chi connectivity index (χ0v) is 9.01. The summed E-state index contributed by atoms with van der Waals surface area (Å²) >= 11 is 3.64. The van der Waals surface area contributed by atoms with Gasteiger partial charge < -0.3 is 0 Å². The summed E-state index contributed by atoms with van der Waals surface area (Å²) in [6, 6.07) is 0. The predicted molar refractivity (Wildman–Crippen MR) is 22.5 cm³/mol. The van der Waals surface area contributed by atoms with Gasteiger partial charge in [-0.25, -0.2) is 0 Å². The van der Waals surface area contributed by atoms with Crippen LogP contribution in [0, 0.1) is 0 Å². The second-order valence-corrected chi connectivity index (χ2v) is 0. The summed E-state index contributed by atoms with van der Waals surface area (Å²) in [4.78, 5) is 0. The molecule has 5 heavy (non-hydrogen) atoms. The quantitative estimate of drug-likeness (QED) is 0.620. The molecule has 0 aliphatic heterocycles. The molecule has 26 valence electrons. The van der Waals surface area contributed by atoms with E-state index in [2.05, 4.69) is 11.9 Å². The van der Waals surface area contributed by atoms with Crippen LogP contribution in [0.4, 0.5) is 0 Å². The van der Waals surface area contributed by atoms with Gasteiger partial charge in [0.25, 0.3) is 0 Å². The Balaban J connectivity index is -0.00000000167. The van der Waals surface area contributed by atoms with Gasteiger partial charge in [0.15, 0.2) is 0 Å². The second kappa shape index (κ2) is 31.7. The molecule has 0 saturated carbocycles. The first kappa shape index (κ1) is 26.0. The molecule has 0 fully saturated rings. The van der Waals surface area contributed by atoms with Crippen molar-refractivity contribution < 1.29 is 32.3 Å². The van der Waals surface area contributed by atoms with Gasteiger partial charge in [0, 0.05) is 27.7 Å². The SMILES string of the molecule is Cl.OCl.[Hg].[NaH]. The third kappa shape index (κ3) is 21.2. The van der Waals surface area contributed by atoms with E-state index >= 15 is 0 Å². The predicted octanol–water partition coefficient (Wildman–Crippen LogP) is -0.0967. The first-order valence-corrected chi connectivity index (χ1v) is 0.507. The molecule has 0 aliphatic rings. The molecule has 1 N–H and O–H groups in total. The van der Waals surface area contributed by atoms with E-state index < -0.39 is 0 Å². The van der Waals surface area contributed by atoms with Gasteiger partial charge in [-0.3, -0.25) is 4.66 Å². The minimum absolute atomic E-state index is 0. The molecule has 0 rings (SSSR count). The van der Waals surface area contributed by atoms with Crippen LogP contribution in [0.2, 0.25) is 0 Å². The van der Waals surface area contributed by atoms with Crippen LogP contribution in [0.25, 0.3) is 0 Å². The van der Waals surface area contributed by atoms with E-state index in [1.54, 1.807) is 0 Å². The van der Waals surface area contributed by atoms with E-state index in [-0.39, 0.29) is 69.6 Å². The van der Waals surface area contributed by atoms with E-state index in [1.807, 2.05) is 0 Å². The van der Waals surface area contributed by atoms with Crippen molar-refractivity contribution in [2.45, 2.75) is 0 Å². The van der Waals surface area contributed by atoms with Gasteiger partial charge in [0.2, 0.25) is 0 Å². The fourth-order valence-electron chi connectivity index (χ4n) is 0. The third-order valence-electron chi connectivity index (χ3n) is 0. The van der Waals surface area contributed by atoms with Crippen molar-refractivity contribution in [2.75, 3.05) is 0 Å². The minimum atomic E-state index is 0. The summed E-state index contributed by atoms with van der Waals surface area (Å²) in [6.45, 7) is 0. The van der Waals surface area contributed by atoms with Crippen LogP contribution >= 0.6 is 24.3 Å². The van der Waals surface area contributed by atoms with E-state index in [0.717, 1.165) is 0 Å². The molecule has 0 amide bonds. The van der Waals surface area contributed by atoms with Crippen LogP contribution in [0.3, 0.4) is 0 Å². The molecule has 0 saturated heterocycles. The summed E-state index contributed by atoms with van der Waals surface area (Å²) < 4.78 is 6.47. The average molecular weight is 314 g/mol. The Morgan fingerprint density at radius 2 is 1.20 bits per heavy atom. The van der Waals surface area contributed by atoms with Crippen molar-refractivity contribution in [3.05, 3.63) is 0 Å². The van der Waals surface area contributed by atoms with E-state index in [0.29, 0.717) is 0 Å². The van der Waals surface area contributed by atoms with Crippen LogP contribution in [0.5, 0.6) is 0 Å². The molecule has 0 atom stereocenters. The number of halogens is 2. The molecule has 1 nitrogen and oxygen atoms in total. The zero-order chi connectivity index (χ0) is 2.00. The van der Waals surface area contributed by atoms with Gasteiger partial charge in [-0.1, -0.05) is 0 Å². The molecule has 0 spiro atoms. The topological polar surface area (TPSA) is 20.2 Å². The summed E-state index contributed by atoms with van der Waals surface area (Å²) in [7, 11) is 0. The van der Waals surface area contributed by atoms with Crippen molar-refractivity contribution in [3.8, 4) is 0 Å². The molecule has 0 bridgehead atoms. The monoisotopic (exact) mass is 314 g/mol. The summed E-state index contributed by atoms with van der Waals surface area (Å²) in [5, 5.41) is 0. The van der Waals surface area contributed by atoms with Crippen molar-refractivity contribution in [1.29, 1.82) is 0 Å². The number of hydrogen-bond donors (Lipinski definition) is 1. The molecule has 0 radical (unpaired) electrons. The Morgan fingerprint density at radius 3 is 1.20 bits per heavy atom. The van der Waals surface area contributed by atoms with E-state index in [9.17, 15) is 0 Å². The second-order valence-electron chi connectivity index (χ2n) is 0. The van der Waals surface area contributed by atoms with Crippen LogP contribution in [0.15, 0.2) is 0 Å². The van der Waals surface area contributed by atoms with Crippen LogP contribution in [0.1, 0.15) is 0 Å². The molecule has 5 heteroatoms. The van der Waals surface area contributed by atoms with Gasteiger partial charge in [-0.15, -0.1) is 12.4 Å². The maximum atomic E-state index is 6.47. The Bertz CT molecular complexity index is 9.61. The average Bonchev–Trinajstić information content (AvgIpc) is 1.00. The number of hydrogen-bond acceptors (Lipinski definition) is 1. The first-order chi connectivity index (χ1) is 1.00. The van der Waals surface area contributed by atoms with Crippen molar-refractivity contribution in [1.82, 2.24) is 0 Å². The molecule has 0 aromatic heterocycles. The molecular weight excluding hydrogens is 310 g/mol. The van der Waals surface area contributed by atoms with Gasteiger partial charge in [-0.2, -0.15) is 0 Å². The first-order valence-electron chi connectivity index (χ1n) is 0.169. The molecular formula is H3Cl2HgNaO. The van der Waals surface area contributed by atoms with Gasteiger partial charge in [-0.05, 0) is 0 Å². The molecule has 0 unspecified atom stereocenters. The summed E-state index contributed by atoms with van der Waals surface area (Å²) in [5.74, 6) is 0. The van der Waals surface area contributed by atoms with Crippen molar-refractivity contribution >= 4 is 53.8 Å². The normalized spacial score (nSPS) is 1.20. The summed E-state index contributed by atoms with van der Waals surface area (Å²) in [6.07, 6.45) is 0. The van der Waals surface area contributed by atoms with E-state index in [1.165, 1.54) is 0 Å². The van der Waals surface area contributed by atoms with Crippen LogP contribution in [-0.4, -0.2) is 34.2 Å². The van der Waals surface area contributed by atoms with Crippen molar-refractivity contribution in [2.24, 2.45) is 0 Å². The van der Waals surface area contributed by atoms with Crippen LogP contribution in [-0.2, 0) is 27.7 Å². The Hall–Kier alpha value is 2.48. The Kier molecular flexibility index (Phi) is 164. The zero-order valence-electron chi connectivity index (χ0n) is 1.94. The number of rotatable bonds is 0. The van der Waals surface area contributed by atoms with Gasteiger partial charge in [0.1, 0.15) is 0 Å². The molecule has 0 aromatic rings. The van der Waals surface area contributed by atoms with Gasteiger partial charge in [0.05, 0.1) is 11.9 Å². The van der Waals surface area contributed by atoms with Crippen LogP contribution < -0.4 is 0 Å². The van der Waals surface area contributed by atoms with Gasteiger partial charge >= 0.3 is 29.6 Å².